The zero-order valence-electron chi connectivity index (χ0n) is 15.6. The molecule has 2 aromatic carbocycles. The maximum atomic E-state index is 11.5. The molecule has 0 saturated heterocycles. The number of aromatic amines is 1. The second kappa shape index (κ2) is 8.06. The first kappa shape index (κ1) is 21.2. The van der Waals surface area contributed by atoms with E-state index in [4.69, 9.17) is 4.74 Å². The van der Waals surface area contributed by atoms with Crippen LogP contribution in [0, 0.1) is 0 Å². The molecule has 0 saturated carbocycles. The van der Waals surface area contributed by atoms with Crippen LogP contribution in [0.3, 0.4) is 0 Å². The molecule has 0 radical (unpaired) electrons. The molecule has 29 heavy (non-hydrogen) atoms. The van der Waals surface area contributed by atoms with Crippen molar-refractivity contribution in [3.8, 4) is 5.75 Å². The molecule has 1 unspecified atom stereocenters. The molecule has 3 aromatic rings. The van der Waals surface area contributed by atoms with E-state index in [2.05, 4.69) is 10.3 Å². The Balaban J connectivity index is 0.00000240. The summed E-state index contributed by atoms with van der Waals surface area (Å²) in [6, 6.07) is 11.5. The largest absolute Gasteiger partial charge is 0.489 e. The van der Waals surface area contributed by atoms with Gasteiger partial charge in [0.2, 0.25) is 0 Å². The Morgan fingerprint density at radius 2 is 1.93 bits per heavy atom. The molecule has 0 aliphatic carbocycles. The van der Waals surface area contributed by atoms with Gasteiger partial charge in [-0.25, -0.2) is 8.42 Å². The van der Waals surface area contributed by atoms with E-state index in [0.29, 0.717) is 24.6 Å². The summed E-state index contributed by atoms with van der Waals surface area (Å²) in [5.74, 6) is -0.228. The number of carbonyl (C=O) groups is 1. The van der Waals surface area contributed by atoms with Gasteiger partial charge in [0, 0.05) is 29.4 Å². The topological polar surface area (TPSA) is 108 Å². The molecule has 1 aliphatic rings. The summed E-state index contributed by atoms with van der Waals surface area (Å²) < 4.78 is 28.9. The molecule has 0 spiro atoms. The van der Waals surface area contributed by atoms with Gasteiger partial charge in [0.1, 0.15) is 18.4 Å². The first-order valence-electron chi connectivity index (χ1n) is 8.85. The minimum atomic E-state index is -3.22. The van der Waals surface area contributed by atoms with Crippen molar-refractivity contribution >= 4 is 39.1 Å². The van der Waals surface area contributed by atoms with E-state index in [1.54, 1.807) is 24.3 Å². The van der Waals surface area contributed by atoms with Gasteiger partial charge in [0.05, 0.1) is 4.90 Å². The van der Waals surface area contributed by atoms with Crippen molar-refractivity contribution < 1.29 is 23.1 Å². The number of hydrogen-bond acceptors (Lipinski definition) is 5. The molecule has 4 rings (SSSR count). The van der Waals surface area contributed by atoms with Crippen LogP contribution in [0.5, 0.6) is 5.75 Å². The highest BCUT2D eigenvalue weighted by molar-refractivity contribution is 7.90. The van der Waals surface area contributed by atoms with Crippen molar-refractivity contribution in [1.29, 1.82) is 0 Å². The predicted molar refractivity (Wildman–Crippen MR) is 112 cm³/mol. The molecule has 1 aliphatic heterocycles. The smallest absolute Gasteiger partial charge is 0.326 e. The molecule has 1 aromatic heterocycles. The third-order valence-corrected chi connectivity index (χ3v) is 6.06. The lowest BCUT2D eigenvalue weighted by atomic mass is 9.99. The number of aliphatic carboxylic acids is 1. The average Bonchev–Trinajstić information content (AvgIpc) is 3.04. The van der Waals surface area contributed by atoms with Gasteiger partial charge < -0.3 is 14.8 Å². The molecule has 154 valence electrons. The van der Waals surface area contributed by atoms with E-state index < -0.39 is 21.8 Å². The lowest BCUT2D eigenvalue weighted by Gasteiger charge is -2.20. The molecular formula is C20H21ClN2O5S. The molecule has 3 N–H and O–H groups in total. The number of benzene rings is 2. The van der Waals surface area contributed by atoms with Crippen molar-refractivity contribution in [2.24, 2.45) is 0 Å². The predicted octanol–water partition coefficient (Wildman–Crippen LogP) is 2.84. The Hall–Kier alpha value is -2.55. The van der Waals surface area contributed by atoms with Crippen molar-refractivity contribution in [2.75, 3.05) is 12.8 Å². The molecule has 1 atom stereocenters. The minimum Gasteiger partial charge on any atom is -0.489 e. The number of sulfone groups is 1. The van der Waals surface area contributed by atoms with Gasteiger partial charge in [-0.05, 0) is 47.9 Å². The summed E-state index contributed by atoms with van der Waals surface area (Å²) in [6.07, 6.45) is 1.92. The van der Waals surface area contributed by atoms with Crippen LogP contribution in [0.2, 0.25) is 0 Å². The number of halogens is 1. The average molecular weight is 437 g/mol. The molecule has 0 amide bonds. The van der Waals surface area contributed by atoms with Crippen LogP contribution in [-0.2, 0) is 27.7 Å². The quantitative estimate of drug-likeness (QED) is 0.567. The fraction of sp³-hybridized carbons (Fsp3) is 0.250. The molecule has 0 fully saturated rings. The van der Waals surface area contributed by atoms with Crippen LogP contribution in [0.25, 0.3) is 10.9 Å². The summed E-state index contributed by atoms with van der Waals surface area (Å²) in [4.78, 5) is 15.0. The number of rotatable bonds is 5. The third-order valence-electron chi connectivity index (χ3n) is 4.93. The number of nitrogens with one attached hydrogen (secondary N) is 2. The first-order valence-corrected chi connectivity index (χ1v) is 10.7. The zero-order chi connectivity index (χ0) is 19.9. The van der Waals surface area contributed by atoms with Crippen molar-refractivity contribution in [1.82, 2.24) is 10.3 Å². The van der Waals surface area contributed by atoms with Crippen LogP contribution >= 0.6 is 12.4 Å². The van der Waals surface area contributed by atoms with E-state index in [-0.39, 0.29) is 17.3 Å². The molecular weight excluding hydrogens is 416 g/mol. The summed E-state index contributed by atoms with van der Waals surface area (Å²) in [7, 11) is -3.22. The normalized spacial score (nSPS) is 16.1. The highest BCUT2D eigenvalue weighted by Gasteiger charge is 2.29. The fourth-order valence-corrected chi connectivity index (χ4v) is 4.14. The number of H-pyrrole nitrogens is 1. The molecule has 9 heteroatoms. The molecule has 2 heterocycles. The van der Waals surface area contributed by atoms with Gasteiger partial charge in [0.15, 0.2) is 9.84 Å². The standard InChI is InChI=1S/C20H20N2O5S.ClH/c1-28(25,26)14-5-2-12(3-6-14)11-27-13-4-7-17-16(10-13)15-8-9-21-19(20(23)24)18(15)22-17;/h2-7,10,19,21-22H,8-9,11H2,1H3,(H,23,24);1H. The van der Waals surface area contributed by atoms with Gasteiger partial charge in [-0.1, -0.05) is 12.1 Å². The van der Waals surface area contributed by atoms with Gasteiger partial charge in [-0.3, -0.25) is 10.1 Å². The number of carboxylic acids is 1. The Labute approximate surface area is 174 Å². The highest BCUT2D eigenvalue weighted by Crippen LogP contribution is 2.32. The second-order valence-corrected chi connectivity index (χ2v) is 8.92. The highest BCUT2D eigenvalue weighted by atomic mass is 35.5. The van der Waals surface area contributed by atoms with Crippen molar-refractivity contribution in [3.63, 3.8) is 0 Å². The van der Waals surface area contributed by atoms with Crippen molar-refractivity contribution in [3.05, 3.63) is 59.3 Å². The minimum absolute atomic E-state index is 0. The third kappa shape index (κ3) is 4.24. The molecule has 7 nitrogen and oxygen atoms in total. The van der Waals surface area contributed by atoms with Gasteiger partial charge in [0.25, 0.3) is 0 Å². The Kier molecular flexibility index (Phi) is 5.88. The van der Waals surface area contributed by atoms with E-state index in [1.807, 2.05) is 18.2 Å². The van der Waals surface area contributed by atoms with Gasteiger partial charge >= 0.3 is 5.97 Å². The second-order valence-electron chi connectivity index (χ2n) is 6.90. The van der Waals surface area contributed by atoms with E-state index in [0.717, 1.165) is 28.5 Å². The summed E-state index contributed by atoms with van der Waals surface area (Å²) in [6.45, 7) is 0.913. The van der Waals surface area contributed by atoms with Crippen LogP contribution in [0.1, 0.15) is 22.9 Å². The van der Waals surface area contributed by atoms with E-state index in [1.165, 1.54) is 6.26 Å². The number of fused-ring (bicyclic) bond motifs is 3. The van der Waals surface area contributed by atoms with Crippen LogP contribution < -0.4 is 10.1 Å². The lowest BCUT2D eigenvalue weighted by molar-refractivity contribution is -0.139. The zero-order valence-corrected chi connectivity index (χ0v) is 17.3. The van der Waals surface area contributed by atoms with Crippen molar-refractivity contribution in [2.45, 2.75) is 24.0 Å². The Bertz CT molecular complexity index is 1160. The number of aromatic nitrogens is 1. The maximum absolute atomic E-state index is 11.5. The fourth-order valence-electron chi connectivity index (χ4n) is 3.51. The van der Waals surface area contributed by atoms with Gasteiger partial charge in [-0.2, -0.15) is 0 Å². The summed E-state index contributed by atoms with van der Waals surface area (Å²) in [5, 5.41) is 13.4. The number of carboxylic acid groups (broad SMARTS) is 1. The first-order chi connectivity index (χ1) is 13.3. The van der Waals surface area contributed by atoms with Crippen LogP contribution in [-0.4, -0.2) is 37.3 Å². The lowest BCUT2D eigenvalue weighted by Crippen LogP contribution is -2.34. The summed E-state index contributed by atoms with van der Waals surface area (Å²) in [5.41, 5.74) is 3.44. The molecule has 0 bridgehead atoms. The summed E-state index contributed by atoms with van der Waals surface area (Å²) >= 11 is 0. The van der Waals surface area contributed by atoms with E-state index >= 15 is 0 Å². The Morgan fingerprint density at radius 1 is 1.21 bits per heavy atom. The Morgan fingerprint density at radius 3 is 2.59 bits per heavy atom. The van der Waals surface area contributed by atoms with Crippen LogP contribution in [0.15, 0.2) is 47.4 Å². The van der Waals surface area contributed by atoms with E-state index in [9.17, 15) is 18.3 Å². The number of hydrogen-bond donors (Lipinski definition) is 3. The maximum Gasteiger partial charge on any atom is 0.326 e. The SMILES string of the molecule is CS(=O)(=O)c1ccc(COc2ccc3[nH]c4c(c3c2)CCNC4C(=O)O)cc1.Cl. The van der Waals surface area contributed by atoms with Crippen LogP contribution in [0.4, 0.5) is 0 Å². The van der Waals surface area contributed by atoms with Gasteiger partial charge in [-0.15, -0.1) is 12.4 Å². The monoisotopic (exact) mass is 436 g/mol. The number of ether oxygens (including phenoxy) is 1.